The number of likely N-dealkylation sites (tertiary alicyclic amines) is 1. The standard InChI is InChI=1S/C18H28N2O/c1-13-5-6-17(14(2)11-13)15(3)19-18(21)12-16-7-9-20(4)10-8-16/h5-6,11,15-16H,7-10,12H2,1-4H3,(H,19,21). The smallest absolute Gasteiger partial charge is 0.220 e. The van der Waals surface area contributed by atoms with Crippen molar-refractivity contribution in [2.45, 2.75) is 46.1 Å². The molecule has 1 fully saturated rings. The molecule has 0 spiro atoms. The fourth-order valence-corrected chi connectivity index (χ4v) is 3.22. The molecule has 1 saturated heterocycles. The molecular formula is C18H28N2O. The Kier molecular flexibility index (Phi) is 5.40. The van der Waals surface area contributed by atoms with Crippen molar-refractivity contribution in [3.05, 3.63) is 34.9 Å². The summed E-state index contributed by atoms with van der Waals surface area (Å²) in [6.07, 6.45) is 2.95. The summed E-state index contributed by atoms with van der Waals surface area (Å²) < 4.78 is 0. The first-order chi connectivity index (χ1) is 9.95. The van der Waals surface area contributed by atoms with Crippen LogP contribution in [0.1, 0.15) is 48.9 Å². The van der Waals surface area contributed by atoms with Gasteiger partial charge in [0.15, 0.2) is 0 Å². The Morgan fingerprint density at radius 3 is 2.62 bits per heavy atom. The summed E-state index contributed by atoms with van der Waals surface area (Å²) in [5.41, 5.74) is 3.74. The Labute approximate surface area is 128 Å². The van der Waals surface area contributed by atoms with Crippen molar-refractivity contribution >= 4 is 5.91 Å². The summed E-state index contributed by atoms with van der Waals surface area (Å²) in [7, 11) is 2.15. The van der Waals surface area contributed by atoms with Gasteiger partial charge in [0.05, 0.1) is 6.04 Å². The van der Waals surface area contributed by atoms with Gasteiger partial charge in [-0.3, -0.25) is 4.79 Å². The molecule has 0 saturated carbocycles. The van der Waals surface area contributed by atoms with Gasteiger partial charge in [0.25, 0.3) is 0 Å². The molecule has 3 heteroatoms. The van der Waals surface area contributed by atoms with Crippen LogP contribution in [0.5, 0.6) is 0 Å². The number of aryl methyl sites for hydroxylation is 2. The Bertz CT molecular complexity index is 490. The zero-order valence-electron chi connectivity index (χ0n) is 13.8. The third-order valence-corrected chi connectivity index (χ3v) is 4.58. The quantitative estimate of drug-likeness (QED) is 0.922. The van der Waals surface area contributed by atoms with E-state index in [4.69, 9.17) is 0 Å². The lowest BCUT2D eigenvalue weighted by molar-refractivity contribution is -0.123. The van der Waals surface area contributed by atoms with Gasteiger partial charge in [0, 0.05) is 6.42 Å². The van der Waals surface area contributed by atoms with Gasteiger partial charge in [0.2, 0.25) is 5.91 Å². The Balaban J connectivity index is 1.87. The van der Waals surface area contributed by atoms with Crippen molar-refractivity contribution < 1.29 is 4.79 Å². The number of rotatable bonds is 4. The molecule has 1 aliphatic heterocycles. The maximum atomic E-state index is 12.2. The van der Waals surface area contributed by atoms with Crippen molar-refractivity contribution in [3.63, 3.8) is 0 Å². The van der Waals surface area contributed by atoms with Gasteiger partial charge in [-0.1, -0.05) is 23.8 Å². The van der Waals surface area contributed by atoms with Gasteiger partial charge in [-0.15, -0.1) is 0 Å². The molecule has 1 atom stereocenters. The average Bonchev–Trinajstić information content (AvgIpc) is 2.41. The Morgan fingerprint density at radius 2 is 2.00 bits per heavy atom. The zero-order chi connectivity index (χ0) is 15.4. The maximum Gasteiger partial charge on any atom is 0.220 e. The van der Waals surface area contributed by atoms with Gasteiger partial charge in [0.1, 0.15) is 0 Å². The second-order valence-electron chi connectivity index (χ2n) is 6.60. The van der Waals surface area contributed by atoms with E-state index in [1.807, 2.05) is 0 Å². The summed E-state index contributed by atoms with van der Waals surface area (Å²) in [4.78, 5) is 14.6. The molecule has 1 unspecified atom stereocenters. The van der Waals surface area contributed by atoms with Crippen molar-refractivity contribution in [2.75, 3.05) is 20.1 Å². The van der Waals surface area contributed by atoms with E-state index in [0.29, 0.717) is 12.3 Å². The summed E-state index contributed by atoms with van der Waals surface area (Å²) in [6.45, 7) is 8.52. The lowest BCUT2D eigenvalue weighted by atomic mass is 9.93. The molecule has 0 radical (unpaired) electrons. The Morgan fingerprint density at radius 1 is 1.33 bits per heavy atom. The van der Waals surface area contributed by atoms with E-state index >= 15 is 0 Å². The largest absolute Gasteiger partial charge is 0.350 e. The van der Waals surface area contributed by atoms with Crippen LogP contribution < -0.4 is 5.32 Å². The number of piperidine rings is 1. The summed E-state index contributed by atoms with van der Waals surface area (Å²) in [6, 6.07) is 6.51. The molecule has 1 aliphatic rings. The number of carbonyl (C=O) groups excluding carboxylic acids is 1. The fraction of sp³-hybridized carbons (Fsp3) is 0.611. The lowest BCUT2D eigenvalue weighted by Gasteiger charge is -2.29. The summed E-state index contributed by atoms with van der Waals surface area (Å²) >= 11 is 0. The second kappa shape index (κ2) is 7.08. The molecule has 0 aliphatic carbocycles. The minimum atomic E-state index is 0.0874. The van der Waals surface area contributed by atoms with Crippen molar-refractivity contribution in [1.29, 1.82) is 0 Å². The number of benzene rings is 1. The molecule has 1 aromatic rings. The van der Waals surface area contributed by atoms with Gasteiger partial charge < -0.3 is 10.2 Å². The van der Waals surface area contributed by atoms with Crippen LogP contribution >= 0.6 is 0 Å². The third-order valence-electron chi connectivity index (χ3n) is 4.58. The molecule has 1 N–H and O–H groups in total. The van der Waals surface area contributed by atoms with Gasteiger partial charge in [-0.2, -0.15) is 0 Å². The maximum absolute atomic E-state index is 12.2. The SMILES string of the molecule is Cc1ccc(C(C)NC(=O)CC2CCN(C)CC2)c(C)c1. The fourth-order valence-electron chi connectivity index (χ4n) is 3.22. The molecule has 0 bridgehead atoms. The van der Waals surface area contributed by atoms with Gasteiger partial charge in [-0.05, 0) is 70.8 Å². The molecule has 1 amide bonds. The number of amides is 1. The lowest BCUT2D eigenvalue weighted by Crippen LogP contribution is -2.34. The van der Waals surface area contributed by atoms with E-state index in [9.17, 15) is 4.79 Å². The molecule has 2 rings (SSSR count). The van der Waals surface area contributed by atoms with Crippen molar-refractivity contribution in [2.24, 2.45) is 5.92 Å². The minimum absolute atomic E-state index is 0.0874. The van der Waals surface area contributed by atoms with E-state index in [1.54, 1.807) is 0 Å². The van der Waals surface area contributed by atoms with Crippen LogP contribution in [0.25, 0.3) is 0 Å². The van der Waals surface area contributed by atoms with Crippen LogP contribution in [0, 0.1) is 19.8 Å². The first-order valence-corrected chi connectivity index (χ1v) is 8.00. The monoisotopic (exact) mass is 288 g/mol. The molecule has 1 aromatic carbocycles. The zero-order valence-corrected chi connectivity index (χ0v) is 13.8. The first kappa shape index (κ1) is 16.0. The minimum Gasteiger partial charge on any atom is -0.350 e. The normalized spacial score (nSPS) is 18.5. The Hall–Kier alpha value is -1.35. The van der Waals surface area contributed by atoms with E-state index in [2.05, 4.69) is 56.2 Å². The van der Waals surface area contributed by atoms with Crippen LogP contribution in [0.3, 0.4) is 0 Å². The van der Waals surface area contributed by atoms with Gasteiger partial charge in [-0.25, -0.2) is 0 Å². The van der Waals surface area contributed by atoms with E-state index < -0.39 is 0 Å². The number of carbonyl (C=O) groups is 1. The van der Waals surface area contributed by atoms with E-state index in [-0.39, 0.29) is 11.9 Å². The molecule has 3 nitrogen and oxygen atoms in total. The van der Waals surface area contributed by atoms with Crippen LogP contribution in [0.4, 0.5) is 0 Å². The molecular weight excluding hydrogens is 260 g/mol. The molecule has 116 valence electrons. The molecule has 1 heterocycles. The van der Waals surface area contributed by atoms with Crippen LogP contribution in [-0.2, 0) is 4.79 Å². The number of hydrogen-bond donors (Lipinski definition) is 1. The molecule has 0 aromatic heterocycles. The van der Waals surface area contributed by atoms with Crippen molar-refractivity contribution in [3.8, 4) is 0 Å². The highest BCUT2D eigenvalue weighted by molar-refractivity contribution is 5.76. The van der Waals surface area contributed by atoms with Crippen LogP contribution in [0.2, 0.25) is 0 Å². The highest BCUT2D eigenvalue weighted by atomic mass is 16.1. The summed E-state index contributed by atoms with van der Waals surface area (Å²) in [5, 5.41) is 3.16. The number of nitrogens with zero attached hydrogens (tertiary/aromatic N) is 1. The summed E-state index contributed by atoms with van der Waals surface area (Å²) in [5.74, 6) is 0.740. The average molecular weight is 288 g/mol. The van der Waals surface area contributed by atoms with Crippen molar-refractivity contribution in [1.82, 2.24) is 10.2 Å². The topological polar surface area (TPSA) is 32.3 Å². The molecule has 21 heavy (non-hydrogen) atoms. The predicted octanol–water partition coefficient (Wildman–Crippen LogP) is 3.21. The van der Waals surface area contributed by atoms with E-state index in [0.717, 1.165) is 25.9 Å². The van der Waals surface area contributed by atoms with Gasteiger partial charge >= 0.3 is 0 Å². The van der Waals surface area contributed by atoms with Crippen LogP contribution in [0.15, 0.2) is 18.2 Å². The van der Waals surface area contributed by atoms with E-state index in [1.165, 1.54) is 16.7 Å². The highest BCUT2D eigenvalue weighted by Crippen LogP contribution is 2.22. The third kappa shape index (κ3) is 4.57. The number of hydrogen-bond acceptors (Lipinski definition) is 2. The number of nitrogens with one attached hydrogen (secondary N) is 1. The first-order valence-electron chi connectivity index (χ1n) is 8.00. The highest BCUT2D eigenvalue weighted by Gasteiger charge is 2.20. The second-order valence-corrected chi connectivity index (χ2v) is 6.60. The van der Waals surface area contributed by atoms with Crippen LogP contribution in [-0.4, -0.2) is 30.9 Å². The predicted molar refractivity (Wildman–Crippen MR) is 87.3 cm³/mol.